The first-order valence-electron chi connectivity index (χ1n) is 5.36. The molecule has 2 N–H and O–H groups in total. The molecule has 1 aliphatic carbocycles. The molecule has 15 heavy (non-hydrogen) atoms. The van der Waals surface area contributed by atoms with Crippen LogP contribution in [-0.4, -0.2) is 9.38 Å². The van der Waals surface area contributed by atoms with Crippen LogP contribution in [0.15, 0.2) is 18.2 Å². The van der Waals surface area contributed by atoms with Crippen molar-refractivity contribution in [3.8, 4) is 0 Å². The lowest BCUT2D eigenvalue weighted by molar-refractivity contribution is 0.687. The molecule has 3 heteroatoms. The number of pyridine rings is 1. The van der Waals surface area contributed by atoms with Gasteiger partial charge >= 0.3 is 0 Å². The fraction of sp³-hybridized carbons (Fsp3) is 0.417. The van der Waals surface area contributed by atoms with E-state index in [1.165, 1.54) is 11.2 Å². The number of hydrogen-bond acceptors (Lipinski definition) is 2. The van der Waals surface area contributed by atoms with E-state index in [1.807, 2.05) is 13.8 Å². The quantitative estimate of drug-likeness (QED) is 0.765. The zero-order valence-electron chi connectivity index (χ0n) is 9.12. The lowest BCUT2D eigenvalue weighted by atomic mass is 10.1. The Morgan fingerprint density at radius 2 is 2.07 bits per heavy atom. The number of rotatable bonds is 1. The van der Waals surface area contributed by atoms with E-state index in [0.29, 0.717) is 0 Å². The second-order valence-electron chi connectivity index (χ2n) is 4.53. The second-order valence-corrected chi connectivity index (χ2v) is 4.53. The Balaban J connectivity index is 2.39. The molecular weight excluding hydrogens is 186 g/mol. The summed E-state index contributed by atoms with van der Waals surface area (Å²) in [6, 6.07) is 6.30. The zero-order valence-corrected chi connectivity index (χ0v) is 9.12. The molecule has 0 atom stereocenters. The maximum atomic E-state index is 6.26. The molecule has 2 aromatic rings. The van der Waals surface area contributed by atoms with Crippen LogP contribution in [0.1, 0.15) is 30.1 Å². The highest BCUT2D eigenvalue weighted by Crippen LogP contribution is 2.42. The van der Waals surface area contributed by atoms with Crippen LogP contribution in [0.2, 0.25) is 0 Å². The Morgan fingerprint density at radius 1 is 1.33 bits per heavy atom. The van der Waals surface area contributed by atoms with E-state index in [9.17, 15) is 0 Å². The van der Waals surface area contributed by atoms with Crippen LogP contribution in [0.5, 0.6) is 0 Å². The Hall–Kier alpha value is -1.35. The largest absolute Gasteiger partial charge is 0.320 e. The Kier molecular flexibility index (Phi) is 1.55. The fourth-order valence-electron chi connectivity index (χ4n) is 2.27. The summed E-state index contributed by atoms with van der Waals surface area (Å²) in [6.45, 7) is 4.08. The van der Waals surface area contributed by atoms with Gasteiger partial charge in [0.15, 0.2) is 0 Å². The van der Waals surface area contributed by atoms with Crippen LogP contribution in [0.3, 0.4) is 0 Å². The monoisotopic (exact) mass is 201 g/mol. The average molecular weight is 201 g/mol. The summed E-state index contributed by atoms with van der Waals surface area (Å²) in [5.41, 5.74) is 9.63. The minimum Gasteiger partial charge on any atom is -0.320 e. The van der Waals surface area contributed by atoms with Crippen LogP contribution < -0.4 is 5.73 Å². The third-order valence-corrected chi connectivity index (χ3v) is 3.31. The summed E-state index contributed by atoms with van der Waals surface area (Å²) < 4.78 is 2.20. The maximum absolute atomic E-state index is 6.26. The fourth-order valence-corrected chi connectivity index (χ4v) is 2.27. The predicted octanol–water partition coefficient (Wildman–Crippen LogP) is 1.90. The van der Waals surface area contributed by atoms with Gasteiger partial charge in [0.2, 0.25) is 0 Å². The van der Waals surface area contributed by atoms with Crippen molar-refractivity contribution in [3.05, 3.63) is 35.4 Å². The summed E-state index contributed by atoms with van der Waals surface area (Å²) in [5, 5.41) is 0. The van der Waals surface area contributed by atoms with Crippen LogP contribution in [-0.2, 0) is 5.54 Å². The molecule has 1 fully saturated rings. The second kappa shape index (κ2) is 2.61. The molecule has 0 radical (unpaired) electrons. The smallest absolute Gasteiger partial charge is 0.110 e. The van der Waals surface area contributed by atoms with E-state index >= 15 is 0 Å². The molecule has 0 aliphatic heterocycles. The van der Waals surface area contributed by atoms with Gasteiger partial charge < -0.3 is 5.73 Å². The van der Waals surface area contributed by atoms with Crippen molar-refractivity contribution in [2.75, 3.05) is 0 Å². The molecule has 3 rings (SSSR count). The number of aryl methyl sites for hydroxylation is 2. The Bertz CT molecular complexity index is 535. The van der Waals surface area contributed by atoms with E-state index in [2.05, 4.69) is 27.6 Å². The van der Waals surface area contributed by atoms with Gasteiger partial charge in [0.25, 0.3) is 0 Å². The summed E-state index contributed by atoms with van der Waals surface area (Å²) in [4.78, 5) is 4.50. The molecule has 0 saturated heterocycles. The zero-order chi connectivity index (χ0) is 10.6. The summed E-state index contributed by atoms with van der Waals surface area (Å²) in [5.74, 6) is 1.04. The SMILES string of the molecule is Cc1nc(C)n2c(C3(N)CC3)cccc12. The van der Waals surface area contributed by atoms with Gasteiger partial charge in [-0.3, -0.25) is 4.40 Å². The van der Waals surface area contributed by atoms with Gasteiger partial charge in [0.05, 0.1) is 16.7 Å². The van der Waals surface area contributed by atoms with Crippen LogP contribution in [0.4, 0.5) is 0 Å². The predicted molar refractivity (Wildman–Crippen MR) is 59.8 cm³/mol. The minimum atomic E-state index is -0.0998. The highest BCUT2D eigenvalue weighted by Gasteiger charge is 2.42. The number of aromatic nitrogens is 2. The van der Waals surface area contributed by atoms with Gasteiger partial charge in [-0.2, -0.15) is 0 Å². The van der Waals surface area contributed by atoms with E-state index in [0.717, 1.165) is 24.4 Å². The third-order valence-electron chi connectivity index (χ3n) is 3.31. The Morgan fingerprint density at radius 3 is 2.73 bits per heavy atom. The number of fused-ring (bicyclic) bond motifs is 1. The molecule has 0 unspecified atom stereocenters. The molecule has 0 bridgehead atoms. The van der Waals surface area contributed by atoms with Gasteiger partial charge in [-0.1, -0.05) is 6.07 Å². The van der Waals surface area contributed by atoms with E-state index in [1.54, 1.807) is 0 Å². The molecular formula is C12H15N3. The minimum absolute atomic E-state index is 0.0998. The van der Waals surface area contributed by atoms with Gasteiger partial charge in [0, 0.05) is 5.69 Å². The van der Waals surface area contributed by atoms with Crippen molar-refractivity contribution in [1.82, 2.24) is 9.38 Å². The first-order chi connectivity index (χ1) is 7.12. The summed E-state index contributed by atoms with van der Waals surface area (Å²) in [7, 11) is 0. The molecule has 78 valence electrons. The molecule has 1 saturated carbocycles. The molecule has 2 heterocycles. The normalized spacial score (nSPS) is 18.3. The molecule has 2 aromatic heterocycles. The van der Waals surface area contributed by atoms with Crippen molar-refractivity contribution in [2.24, 2.45) is 5.73 Å². The van der Waals surface area contributed by atoms with Gasteiger partial charge in [-0.15, -0.1) is 0 Å². The molecule has 0 aromatic carbocycles. The topological polar surface area (TPSA) is 43.3 Å². The highest BCUT2D eigenvalue weighted by atomic mass is 15.1. The van der Waals surface area contributed by atoms with Crippen molar-refractivity contribution >= 4 is 5.52 Å². The first-order valence-corrected chi connectivity index (χ1v) is 5.36. The highest BCUT2D eigenvalue weighted by molar-refractivity contribution is 5.55. The summed E-state index contributed by atoms with van der Waals surface area (Å²) in [6.07, 6.45) is 2.17. The van der Waals surface area contributed by atoms with Gasteiger partial charge in [-0.05, 0) is 38.8 Å². The lowest BCUT2D eigenvalue weighted by Crippen LogP contribution is -2.22. The molecule has 0 spiro atoms. The number of nitrogens with two attached hydrogens (primary N) is 1. The standard InChI is InChI=1S/C12H15N3/c1-8-10-4-3-5-11(12(13)6-7-12)15(10)9(2)14-8/h3-5H,6-7,13H2,1-2H3. The number of nitrogens with zero attached hydrogens (tertiary/aromatic N) is 2. The van der Waals surface area contributed by atoms with Crippen LogP contribution in [0.25, 0.3) is 5.52 Å². The first kappa shape index (κ1) is 8.92. The molecule has 0 amide bonds. The van der Waals surface area contributed by atoms with Crippen molar-refractivity contribution in [1.29, 1.82) is 0 Å². The lowest BCUT2D eigenvalue weighted by Gasteiger charge is -2.13. The van der Waals surface area contributed by atoms with Crippen LogP contribution in [0, 0.1) is 13.8 Å². The van der Waals surface area contributed by atoms with Gasteiger partial charge in [-0.25, -0.2) is 4.98 Å². The van der Waals surface area contributed by atoms with E-state index < -0.39 is 0 Å². The number of hydrogen-bond donors (Lipinski definition) is 1. The van der Waals surface area contributed by atoms with Crippen LogP contribution >= 0.6 is 0 Å². The molecule has 3 nitrogen and oxygen atoms in total. The van der Waals surface area contributed by atoms with Crippen molar-refractivity contribution < 1.29 is 0 Å². The van der Waals surface area contributed by atoms with E-state index in [4.69, 9.17) is 5.73 Å². The average Bonchev–Trinajstić information content (AvgIpc) is 2.89. The number of imidazole rings is 1. The Labute approximate surface area is 88.9 Å². The van der Waals surface area contributed by atoms with Gasteiger partial charge in [0.1, 0.15) is 5.82 Å². The van der Waals surface area contributed by atoms with Crippen molar-refractivity contribution in [2.45, 2.75) is 32.2 Å². The van der Waals surface area contributed by atoms with E-state index in [-0.39, 0.29) is 5.54 Å². The molecule has 1 aliphatic rings. The third kappa shape index (κ3) is 1.13. The summed E-state index contributed by atoms with van der Waals surface area (Å²) >= 11 is 0. The maximum Gasteiger partial charge on any atom is 0.110 e. The van der Waals surface area contributed by atoms with Crippen molar-refractivity contribution in [3.63, 3.8) is 0 Å².